The van der Waals surface area contributed by atoms with E-state index < -0.39 is 11.9 Å². The molecule has 0 aliphatic carbocycles. The summed E-state index contributed by atoms with van der Waals surface area (Å²) in [6.45, 7) is 1.91. The number of aryl methyl sites for hydroxylation is 1. The smallest absolute Gasteiger partial charge is 0.338 e. The van der Waals surface area contributed by atoms with Crippen LogP contribution < -0.4 is 5.32 Å². The lowest BCUT2D eigenvalue weighted by Crippen LogP contribution is -2.13. The molecule has 2 rings (SSSR count). The summed E-state index contributed by atoms with van der Waals surface area (Å²) in [6, 6.07) is 6.01. The Morgan fingerprint density at radius 2 is 2.00 bits per heavy atom. The van der Waals surface area contributed by atoms with Gasteiger partial charge in [0.2, 0.25) is 0 Å². The van der Waals surface area contributed by atoms with Crippen LogP contribution in [0, 0.1) is 0 Å². The molecule has 7 heteroatoms. The van der Waals surface area contributed by atoms with E-state index in [2.05, 4.69) is 21.2 Å². The van der Waals surface area contributed by atoms with Crippen molar-refractivity contribution >= 4 is 44.1 Å². The van der Waals surface area contributed by atoms with Crippen LogP contribution in [0.1, 0.15) is 32.5 Å². The van der Waals surface area contributed by atoms with Gasteiger partial charge >= 0.3 is 5.97 Å². The van der Waals surface area contributed by atoms with Crippen LogP contribution >= 0.6 is 27.3 Å². The van der Waals surface area contributed by atoms with E-state index in [-0.39, 0.29) is 21.9 Å². The first-order valence-electron chi connectivity index (χ1n) is 6.08. The van der Waals surface area contributed by atoms with Crippen LogP contribution in [0.3, 0.4) is 0 Å². The second-order valence-electron chi connectivity index (χ2n) is 4.23. The van der Waals surface area contributed by atoms with E-state index in [1.54, 1.807) is 12.1 Å². The highest BCUT2D eigenvalue weighted by atomic mass is 79.9. The predicted molar refractivity (Wildman–Crippen MR) is 84.4 cm³/mol. The molecule has 0 atom stereocenters. The summed E-state index contributed by atoms with van der Waals surface area (Å²) < 4.78 is 0.643. The van der Waals surface area contributed by atoms with Crippen molar-refractivity contribution in [2.24, 2.45) is 0 Å². The molecule has 0 aliphatic rings. The molecule has 21 heavy (non-hydrogen) atoms. The lowest BCUT2D eigenvalue weighted by atomic mass is 10.2. The molecule has 0 spiro atoms. The minimum Gasteiger partial charge on any atom is -0.507 e. The van der Waals surface area contributed by atoms with Gasteiger partial charge in [0.1, 0.15) is 10.8 Å². The average molecular weight is 370 g/mol. The van der Waals surface area contributed by atoms with E-state index in [0.29, 0.717) is 10.9 Å². The minimum atomic E-state index is -1.10. The number of hydrogen-bond acceptors (Lipinski definition) is 4. The Kier molecular flexibility index (Phi) is 4.64. The number of hydrogen-bond donors (Lipinski definition) is 3. The summed E-state index contributed by atoms with van der Waals surface area (Å²) in [5.41, 5.74) is 0.131. The molecule has 0 saturated carbocycles. The Hall–Kier alpha value is -1.86. The molecule has 1 heterocycles. The fourth-order valence-corrected chi connectivity index (χ4v) is 3.07. The van der Waals surface area contributed by atoms with Crippen molar-refractivity contribution in [3.05, 3.63) is 44.7 Å². The molecule has 1 aromatic heterocycles. The van der Waals surface area contributed by atoms with Crippen molar-refractivity contribution < 1.29 is 19.8 Å². The normalized spacial score (nSPS) is 10.4. The minimum absolute atomic E-state index is 0.0553. The van der Waals surface area contributed by atoms with Crippen LogP contribution in [0.4, 0.5) is 5.00 Å². The van der Waals surface area contributed by atoms with Gasteiger partial charge in [0.05, 0.1) is 11.1 Å². The number of halogens is 1. The van der Waals surface area contributed by atoms with Gasteiger partial charge in [0, 0.05) is 9.35 Å². The number of anilines is 1. The number of phenolic OH excluding ortho intramolecular Hbond substituents is 1. The number of phenols is 1. The van der Waals surface area contributed by atoms with E-state index in [1.165, 1.54) is 23.5 Å². The third kappa shape index (κ3) is 3.43. The highest BCUT2D eigenvalue weighted by Gasteiger charge is 2.19. The summed E-state index contributed by atoms with van der Waals surface area (Å²) >= 11 is 4.44. The van der Waals surface area contributed by atoms with E-state index in [4.69, 9.17) is 5.11 Å². The molecule has 0 radical (unpaired) electrons. The maximum atomic E-state index is 12.2. The number of aromatic carboxylic acids is 1. The standard InChI is InChI=1S/C14H12BrNO4S/c1-2-8-6-10(14(19)20)13(21-8)16-12(18)9-5-7(15)3-4-11(9)17/h3-6,17H,2H2,1H3,(H,16,18)(H,19,20). The first-order chi connectivity index (χ1) is 9.92. The number of nitrogens with one attached hydrogen (secondary N) is 1. The fraction of sp³-hybridized carbons (Fsp3) is 0.143. The van der Waals surface area contributed by atoms with Gasteiger partial charge in [-0.15, -0.1) is 11.3 Å². The van der Waals surface area contributed by atoms with Crippen LogP contribution in [0.25, 0.3) is 0 Å². The van der Waals surface area contributed by atoms with Crippen molar-refractivity contribution in [1.29, 1.82) is 0 Å². The summed E-state index contributed by atoms with van der Waals surface area (Å²) in [6.07, 6.45) is 0.683. The fourth-order valence-electron chi connectivity index (χ4n) is 1.73. The van der Waals surface area contributed by atoms with Crippen LogP contribution in [0.15, 0.2) is 28.7 Å². The number of carbonyl (C=O) groups excluding carboxylic acids is 1. The number of carboxylic acids is 1. The van der Waals surface area contributed by atoms with E-state index >= 15 is 0 Å². The Morgan fingerprint density at radius 1 is 1.29 bits per heavy atom. The lowest BCUT2D eigenvalue weighted by Gasteiger charge is -2.06. The SMILES string of the molecule is CCc1cc(C(=O)O)c(NC(=O)c2cc(Br)ccc2O)s1. The summed E-state index contributed by atoms with van der Waals surface area (Å²) in [4.78, 5) is 24.2. The number of benzene rings is 1. The highest BCUT2D eigenvalue weighted by molar-refractivity contribution is 9.10. The Labute approximate surface area is 133 Å². The number of thiophene rings is 1. The summed E-state index contributed by atoms with van der Waals surface area (Å²) in [7, 11) is 0. The van der Waals surface area contributed by atoms with E-state index in [0.717, 1.165) is 4.88 Å². The van der Waals surface area contributed by atoms with E-state index in [9.17, 15) is 14.7 Å². The molecule has 0 fully saturated rings. The van der Waals surface area contributed by atoms with Gasteiger partial charge in [-0.1, -0.05) is 22.9 Å². The first kappa shape index (κ1) is 15.5. The van der Waals surface area contributed by atoms with E-state index in [1.807, 2.05) is 6.92 Å². The maximum absolute atomic E-state index is 12.2. The highest BCUT2D eigenvalue weighted by Crippen LogP contribution is 2.30. The topological polar surface area (TPSA) is 86.6 Å². The molecule has 5 nitrogen and oxygen atoms in total. The van der Waals surface area contributed by atoms with Gasteiger partial charge in [-0.05, 0) is 30.7 Å². The molecule has 2 aromatic rings. The first-order valence-corrected chi connectivity index (χ1v) is 7.69. The van der Waals surface area contributed by atoms with Crippen LogP contribution in [0.5, 0.6) is 5.75 Å². The second-order valence-corrected chi connectivity index (χ2v) is 6.28. The monoisotopic (exact) mass is 369 g/mol. The van der Waals surface area contributed by atoms with Gasteiger partial charge < -0.3 is 15.5 Å². The molecule has 0 aliphatic heterocycles. The maximum Gasteiger partial charge on any atom is 0.338 e. The van der Waals surface area contributed by atoms with Crippen LogP contribution in [-0.4, -0.2) is 22.1 Å². The number of rotatable bonds is 4. The third-order valence-corrected chi connectivity index (χ3v) is 4.48. The molecule has 0 saturated heterocycles. The van der Waals surface area contributed by atoms with Crippen LogP contribution in [0.2, 0.25) is 0 Å². The second kappa shape index (κ2) is 6.28. The van der Waals surface area contributed by atoms with Crippen molar-refractivity contribution in [3.8, 4) is 5.75 Å². The third-order valence-electron chi connectivity index (χ3n) is 2.79. The molecule has 0 bridgehead atoms. The number of carboxylic acid groups (broad SMARTS) is 1. The Balaban J connectivity index is 2.33. The molecule has 1 amide bonds. The van der Waals surface area contributed by atoms with Gasteiger partial charge in [-0.25, -0.2) is 4.79 Å². The average Bonchev–Trinajstić information content (AvgIpc) is 2.84. The van der Waals surface area contributed by atoms with Crippen LogP contribution in [-0.2, 0) is 6.42 Å². The molecule has 3 N–H and O–H groups in total. The molecule has 1 aromatic carbocycles. The zero-order valence-electron chi connectivity index (χ0n) is 11.0. The van der Waals surface area contributed by atoms with Gasteiger partial charge in [-0.3, -0.25) is 4.79 Å². The predicted octanol–water partition coefficient (Wildman–Crippen LogP) is 3.73. The van der Waals surface area contributed by atoms with Gasteiger partial charge in [-0.2, -0.15) is 0 Å². The Morgan fingerprint density at radius 3 is 2.62 bits per heavy atom. The Bertz CT molecular complexity index is 711. The number of amides is 1. The molecule has 0 unspecified atom stereocenters. The van der Waals surface area contributed by atoms with Gasteiger partial charge in [0.25, 0.3) is 5.91 Å². The summed E-state index contributed by atoms with van der Waals surface area (Å²) in [5, 5.41) is 21.7. The largest absolute Gasteiger partial charge is 0.507 e. The quantitative estimate of drug-likeness (QED) is 0.766. The zero-order valence-corrected chi connectivity index (χ0v) is 13.4. The van der Waals surface area contributed by atoms with Crippen molar-refractivity contribution in [3.63, 3.8) is 0 Å². The van der Waals surface area contributed by atoms with Crippen molar-refractivity contribution in [1.82, 2.24) is 0 Å². The zero-order chi connectivity index (χ0) is 15.6. The van der Waals surface area contributed by atoms with Gasteiger partial charge in [0.15, 0.2) is 0 Å². The summed E-state index contributed by atoms with van der Waals surface area (Å²) in [5.74, 6) is -1.82. The molecular formula is C14H12BrNO4S. The number of carbonyl (C=O) groups is 2. The van der Waals surface area contributed by atoms with Crippen molar-refractivity contribution in [2.75, 3.05) is 5.32 Å². The molecule has 110 valence electrons. The molecular weight excluding hydrogens is 358 g/mol. The lowest BCUT2D eigenvalue weighted by molar-refractivity contribution is 0.0698. The number of aromatic hydroxyl groups is 1. The van der Waals surface area contributed by atoms with Crippen molar-refractivity contribution in [2.45, 2.75) is 13.3 Å².